The first-order valence-electron chi connectivity index (χ1n) is 6.98. The predicted octanol–water partition coefficient (Wildman–Crippen LogP) is 0.834. The molecule has 0 bridgehead atoms. The molecule has 2 N–H and O–H groups in total. The van der Waals surface area contributed by atoms with Crippen LogP contribution < -0.4 is 10.6 Å². The van der Waals surface area contributed by atoms with Crippen LogP contribution in [0.5, 0.6) is 0 Å². The number of nitrogens with one attached hydrogen (secondary N) is 2. The smallest absolute Gasteiger partial charge is 0.224 e. The lowest BCUT2D eigenvalue weighted by Crippen LogP contribution is -2.41. The molecule has 0 aromatic carbocycles. The number of hydrogen-bond donors (Lipinski definition) is 2. The van der Waals surface area contributed by atoms with Gasteiger partial charge in [-0.15, -0.1) is 0 Å². The molecule has 1 atom stereocenters. The third kappa shape index (κ3) is 5.50. The van der Waals surface area contributed by atoms with Crippen molar-refractivity contribution in [2.24, 2.45) is 5.92 Å². The van der Waals surface area contributed by atoms with Gasteiger partial charge in [0.1, 0.15) is 0 Å². The molecule has 0 aliphatic carbocycles. The highest BCUT2D eigenvalue weighted by molar-refractivity contribution is 5.78. The number of piperidine rings is 1. The lowest BCUT2D eigenvalue weighted by atomic mass is 9.99. The molecular weight excluding hydrogens is 214 g/mol. The van der Waals surface area contributed by atoms with Gasteiger partial charge in [-0.25, -0.2) is 0 Å². The van der Waals surface area contributed by atoms with Gasteiger partial charge in [0.05, 0.1) is 5.92 Å². The Kier molecular flexibility index (Phi) is 7.21. The minimum absolute atomic E-state index is 0.192. The number of carbonyl (C=O) groups is 1. The maximum atomic E-state index is 11.8. The van der Waals surface area contributed by atoms with Crippen LogP contribution in [0.15, 0.2) is 0 Å². The summed E-state index contributed by atoms with van der Waals surface area (Å²) in [6, 6.07) is 0. The molecule has 100 valence electrons. The molecular formula is C13H27N3O. The molecule has 4 heteroatoms. The van der Waals surface area contributed by atoms with Gasteiger partial charge in [-0.3, -0.25) is 4.79 Å². The molecule has 0 unspecified atom stereocenters. The maximum Gasteiger partial charge on any atom is 0.224 e. The molecule has 1 amide bonds. The molecule has 4 nitrogen and oxygen atoms in total. The summed E-state index contributed by atoms with van der Waals surface area (Å²) in [7, 11) is 0. The van der Waals surface area contributed by atoms with E-state index in [1.807, 2.05) is 0 Å². The Hall–Kier alpha value is -0.610. The summed E-state index contributed by atoms with van der Waals surface area (Å²) in [5.41, 5.74) is 0. The molecule has 0 radical (unpaired) electrons. The summed E-state index contributed by atoms with van der Waals surface area (Å²) in [5.74, 6) is 0.425. The van der Waals surface area contributed by atoms with Gasteiger partial charge in [-0.2, -0.15) is 0 Å². The van der Waals surface area contributed by atoms with Crippen LogP contribution in [0.4, 0.5) is 0 Å². The Morgan fingerprint density at radius 2 is 2.18 bits per heavy atom. The van der Waals surface area contributed by atoms with Crippen LogP contribution in [0.2, 0.25) is 0 Å². The number of rotatable bonds is 7. The average Bonchev–Trinajstić information content (AvgIpc) is 2.40. The normalized spacial score (nSPS) is 20.5. The Balaban J connectivity index is 2.07. The standard InChI is InChI=1S/C13H27N3O/c1-3-16(4-2)10-6-9-15-13(17)12-7-5-8-14-11-12/h12,14H,3-11H2,1-2H3,(H,15,17)/t12-/m0/s1. The van der Waals surface area contributed by atoms with Crippen LogP contribution in [-0.4, -0.2) is 50.1 Å². The summed E-state index contributed by atoms with van der Waals surface area (Å²) < 4.78 is 0. The van der Waals surface area contributed by atoms with Crippen molar-refractivity contribution in [1.82, 2.24) is 15.5 Å². The van der Waals surface area contributed by atoms with E-state index in [2.05, 4.69) is 29.4 Å². The van der Waals surface area contributed by atoms with Crippen molar-refractivity contribution < 1.29 is 4.79 Å². The monoisotopic (exact) mass is 241 g/mol. The van der Waals surface area contributed by atoms with Crippen molar-refractivity contribution in [2.75, 3.05) is 39.3 Å². The zero-order valence-corrected chi connectivity index (χ0v) is 11.3. The number of amides is 1. The minimum Gasteiger partial charge on any atom is -0.356 e. The van der Waals surface area contributed by atoms with Crippen LogP contribution in [0, 0.1) is 5.92 Å². The number of carbonyl (C=O) groups excluding carboxylic acids is 1. The zero-order chi connectivity index (χ0) is 12.5. The fraction of sp³-hybridized carbons (Fsp3) is 0.923. The molecule has 0 spiro atoms. The Morgan fingerprint density at radius 3 is 2.76 bits per heavy atom. The van der Waals surface area contributed by atoms with Crippen LogP contribution >= 0.6 is 0 Å². The second-order valence-electron chi connectivity index (χ2n) is 4.71. The van der Waals surface area contributed by atoms with Gasteiger partial charge in [-0.05, 0) is 45.4 Å². The van der Waals surface area contributed by atoms with Crippen molar-refractivity contribution in [1.29, 1.82) is 0 Å². The first kappa shape index (κ1) is 14.5. The Labute approximate surface area is 105 Å². The topological polar surface area (TPSA) is 44.4 Å². The highest BCUT2D eigenvalue weighted by Crippen LogP contribution is 2.09. The van der Waals surface area contributed by atoms with E-state index >= 15 is 0 Å². The lowest BCUT2D eigenvalue weighted by molar-refractivity contribution is -0.125. The molecule has 0 aromatic rings. The highest BCUT2D eigenvalue weighted by Gasteiger charge is 2.19. The summed E-state index contributed by atoms with van der Waals surface area (Å²) in [4.78, 5) is 14.2. The third-order valence-electron chi connectivity index (χ3n) is 3.51. The predicted molar refractivity (Wildman–Crippen MR) is 71.0 cm³/mol. The molecule has 1 heterocycles. The molecule has 1 fully saturated rings. The van der Waals surface area contributed by atoms with Crippen molar-refractivity contribution in [3.63, 3.8) is 0 Å². The van der Waals surface area contributed by atoms with E-state index in [1.165, 1.54) is 0 Å². The van der Waals surface area contributed by atoms with E-state index in [4.69, 9.17) is 0 Å². The first-order valence-corrected chi connectivity index (χ1v) is 6.98. The number of hydrogen-bond acceptors (Lipinski definition) is 3. The van der Waals surface area contributed by atoms with Gasteiger partial charge < -0.3 is 15.5 Å². The van der Waals surface area contributed by atoms with Crippen LogP contribution in [0.1, 0.15) is 33.1 Å². The lowest BCUT2D eigenvalue weighted by Gasteiger charge is -2.22. The van der Waals surface area contributed by atoms with Gasteiger partial charge in [0.25, 0.3) is 0 Å². The summed E-state index contributed by atoms with van der Waals surface area (Å²) >= 11 is 0. The molecule has 1 saturated heterocycles. The summed E-state index contributed by atoms with van der Waals surface area (Å²) in [6.45, 7) is 10.3. The molecule has 0 aromatic heterocycles. The van der Waals surface area contributed by atoms with E-state index in [0.29, 0.717) is 0 Å². The molecule has 17 heavy (non-hydrogen) atoms. The van der Waals surface area contributed by atoms with E-state index < -0.39 is 0 Å². The second-order valence-corrected chi connectivity index (χ2v) is 4.71. The second kappa shape index (κ2) is 8.48. The third-order valence-corrected chi connectivity index (χ3v) is 3.51. The van der Waals surface area contributed by atoms with Crippen molar-refractivity contribution in [3.8, 4) is 0 Å². The van der Waals surface area contributed by atoms with Gasteiger partial charge in [0, 0.05) is 13.1 Å². The maximum absolute atomic E-state index is 11.8. The van der Waals surface area contributed by atoms with Crippen molar-refractivity contribution in [2.45, 2.75) is 33.1 Å². The largest absolute Gasteiger partial charge is 0.356 e. The zero-order valence-electron chi connectivity index (χ0n) is 11.3. The quantitative estimate of drug-likeness (QED) is 0.649. The first-order chi connectivity index (χ1) is 8.27. The number of nitrogens with zero attached hydrogens (tertiary/aromatic N) is 1. The van der Waals surface area contributed by atoms with E-state index in [9.17, 15) is 4.79 Å². The van der Waals surface area contributed by atoms with Crippen LogP contribution in [-0.2, 0) is 4.79 Å². The van der Waals surface area contributed by atoms with E-state index in [-0.39, 0.29) is 11.8 Å². The van der Waals surface area contributed by atoms with Gasteiger partial charge in [0.15, 0.2) is 0 Å². The molecule has 1 rings (SSSR count). The van der Waals surface area contributed by atoms with Gasteiger partial charge in [-0.1, -0.05) is 13.8 Å². The molecule has 0 saturated carbocycles. The molecule has 1 aliphatic rings. The van der Waals surface area contributed by atoms with Crippen molar-refractivity contribution >= 4 is 5.91 Å². The van der Waals surface area contributed by atoms with Crippen LogP contribution in [0.3, 0.4) is 0 Å². The van der Waals surface area contributed by atoms with E-state index in [1.54, 1.807) is 0 Å². The van der Waals surface area contributed by atoms with Crippen molar-refractivity contribution in [3.05, 3.63) is 0 Å². The SMILES string of the molecule is CCN(CC)CCCNC(=O)[C@H]1CCCNC1. The van der Waals surface area contributed by atoms with Crippen LogP contribution in [0.25, 0.3) is 0 Å². The highest BCUT2D eigenvalue weighted by atomic mass is 16.1. The summed E-state index contributed by atoms with van der Waals surface area (Å²) in [6.07, 6.45) is 3.21. The Bertz CT molecular complexity index is 211. The minimum atomic E-state index is 0.192. The van der Waals surface area contributed by atoms with E-state index in [0.717, 1.165) is 58.5 Å². The van der Waals surface area contributed by atoms with Gasteiger partial charge >= 0.3 is 0 Å². The van der Waals surface area contributed by atoms with Gasteiger partial charge in [0.2, 0.25) is 5.91 Å². The average molecular weight is 241 g/mol. The fourth-order valence-electron chi connectivity index (χ4n) is 2.27. The molecule has 1 aliphatic heterocycles. The fourth-order valence-corrected chi connectivity index (χ4v) is 2.27. The Morgan fingerprint density at radius 1 is 1.41 bits per heavy atom. The summed E-state index contributed by atoms with van der Waals surface area (Å²) in [5, 5.41) is 6.32.